The van der Waals surface area contributed by atoms with Gasteiger partial charge in [-0.05, 0) is 38.5 Å². The van der Waals surface area contributed by atoms with Gasteiger partial charge in [-0.2, -0.15) is 0 Å². The van der Waals surface area contributed by atoms with E-state index in [1.807, 2.05) is 0 Å². The molecule has 0 aromatic carbocycles. The van der Waals surface area contributed by atoms with Gasteiger partial charge in [-0.15, -0.1) is 0 Å². The van der Waals surface area contributed by atoms with Crippen LogP contribution in [0.4, 0.5) is 0 Å². The molecule has 0 saturated heterocycles. The van der Waals surface area contributed by atoms with Crippen molar-refractivity contribution in [2.24, 2.45) is 5.73 Å². The van der Waals surface area contributed by atoms with Gasteiger partial charge in [0.1, 0.15) is 0 Å². The maximum atomic E-state index is 5.86. The molecule has 0 spiro atoms. The van der Waals surface area contributed by atoms with Crippen molar-refractivity contribution >= 4 is 0 Å². The van der Waals surface area contributed by atoms with E-state index in [2.05, 4.69) is 13.8 Å². The van der Waals surface area contributed by atoms with E-state index in [1.165, 1.54) is 38.5 Å². The second kappa shape index (κ2) is 4.66. The van der Waals surface area contributed by atoms with E-state index in [9.17, 15) is 0 Å². The highest BCUT2D eigenvalue weighted by molar-refractivity contribution is 5.15. The van der Waals surface area contributed by atoms with Crippen LogP contribution >= 0.6 is 0 Å². The van der Waals surface area contributed by atoms with Gasteiger partial charge in [0.25, 0.3) is 0 Å². The molecule has 0 unspecified atom stereocenters. The Kier molecular flexibility index (Phi) is 3.80. The average Bonchev–Trinajstić information content (AvgIpc) is 2.10. The molecule has 1 aliphatic carbocycles. The van der Waals surface area contributed by atoms with Crippen LogP contribution in [0.5, 0.6) is 0 Å². The van der Waals surface area contributed by atoms with Crippen molar-refractivity contribution in [2.45, 2.75) is 58.4 Å². The van der Waals surface area contributed by atoms with Crippen molar-refractivity contribution in [1.82, 2.24) is 0 Å². The van der Waals surface area contributed by atoms with Crippen molar-refractivity contribution in [3.63, 3.8) is 0 Å². The van der Waals surface area contributed by atoms with Gasteiger partial charge in [-0.1, -0.05) is 25.0 Å². The Hall–Kier alpha value is -0.300. The first-order valence-corrected chi connectivity index (χ1v) is 5.23. The molecule has 70 valence electrons. The molecule has 1 aliphatic rings. The zero-order valence-corrected chi connectivity index (χ0v) is 8.40. The molecular formula is C11H21N. The fraction of sp³-hybridized carbons (Fsp3) is 0.818. The van der Waals surface area contributed by atoms with Gasteiger partial charge < -0.3 is 5.73 Å². The summed E-state index contributed by atoms with van der Waals surface area (Å²) in [5, 5.41) is 0. The van der Waals surface area contributed by atoms with Crippen LogP contribution in [-0.4, -0.2) is 6.04 Å². The molecule has 0 amide bonds. The smallest absolute Gasteiger partial charge is 0.00449 e. The minimum absolute atomic E-state index is 0.476. The van der Waals surface area contributed by atoms with Gasteiger partial charge in [0.2, 0.25) is 0 Å². The van der Waals surface area contributed by atoms with Crippen molar-refractivity contribution in [2.75, 3.05) is 0 Å². The van der Waals surface area contributed by atoms with Crippen molar-refractivity contribution in [3.8, 4) is 0 Å². The molecule has 12 heavy (non-hydrogen) atoms. The minimum atomic E-state index is 0.476. The standard InChI is InChI=1S/C11H21N/c1-3-9(4-2)10-5-7-11(12)8-6-10/h11H,3-8,12H2,1-2H3. The van der Waals surface area contributed by atoms with Crippen LogP contribution in [0.25, 0.3) is 0 Å². The number of hydrogen-bond donors (Lipinski definition) is 1. The molecular weight excluding hydrogens is 146 g/mol. The normalized spacial score (nSPS) is 24.2. The topological polar surface area (TPSA) is 26.0 Å². The van der Waals surface area contributed by atoms with Crippen molar-refractivity contribution in [1.29, 1.82) is 0 Å². The zero-order valence-electron chi connectivity index (χ0n) is 8.40. The van der Waals surface area contributed by atoms with Gasteiger partial charge in [0, 0.05) is 6.04 Å². The molecule has 1 nitrogen and oxygen atoms in total. The van der Waals surface area contributed by atoms with E-state index in [-0.39, 0.29) is 0 Å². The summed E-state index contributed by atoms with van der Waals surface area (Å²) in [4.78, 5) is 0. The first kappa shape index (κ1) is 9.79. The van der Waals surface area contributed by atoms with Crippen LogP contribution in [-0.2, 0) is 0 Å². The molecule has 1 fully saturated rings. The first-order valence-electron chi connectivity index (χ1n) is 5.23. The fourth-order valence-electron chi connectivity index (χ4n) is 2.09. The molecule has 1 rings (SSSR count). The van der Waals surface area contributed by atoms with E-state index in [4.69, 9.17) is 5.73 Å². The highest BCUT2D eigenvalue weighted by Crippen LogP contribution is 2.27. The summed E-state index contributed by atoms with van der Waals surface area (Å²) < 4.78 is 0. The van der Waals surface area contributed by atoms with Crippen LogP contribution in [0, 0.1) is 0 Å². The molecule has 0 heterocycles. The highest BCUT2D eigenvalue weighted by atomic mass is 14.6. The fourth-order valence-corrected chi connectivity index (χ4v) is 2.09. The Morgan fingerprint density at radius 3 is 2.17 bits per heavy atom. The van der Waals surface area contributed by atoms with Gasteiger partial charge >= 0.3 is 0 Å². The van der Waals surface area contributed by atoms with Gasteiger partial charge in [-0.25, -0.2) is 0 Å². The van der Waals surface area contributed by atoms with E-state index in [0.29, 0.717) is 6.04 Å². The number of nitrogens with two attached hydrogens (primary N) is 1. The van der Waals surface area contributed by atoms with E-state index < -0.39 is 0 Å². The predicted octanol–water partition coefficient (Wildman–Crippen LogP) is 3.00. The molecule has 1 heteroatoms. The number of hydrogen-bond acceptors (Lipinski definition) is 1. The van der Waals surface area contributed by atoms with Crippen molar-refractivity contribution in [3.05, 3.63) is 11.1 Å². The third-order valence-electron chi connectivity index (χ3n) is 2.99. The SMILES string of the molecule is CCC(CC)=C1CCC(N)CC1. The minimum Gasteiger partial charge on any atom is -0.328 e. The molecule has 0 atom stereocenters. The Balaban J connectivity index is 2.56. The maximum absolute atomic E-state index is 5.86. The summed E-state index contributed by atoms with van der Waals surface area (Å²) in [6.07, 6.45) is 7.41. The summed E-state index contributed by atoms with van der Waals surface area (Å²) in [6, 6.07) is 0.476. The van der Waals surface area contributed by atoms with Crippen LogP contribution < -0.4 is 5.73 Å². The first-order chi connectivity index (χ1) is 5.77. The largest absolute Gasteiger partial charge is 0.328 e. The average molecular weight is 167 g/mol. The maximum Gasteiger partial charge on any atom is 0.00449 e. The van der Waals surface area contributed by atoms with Crippen LogP contribution in [0.1, 0.15) is 52.4 Å². The third kappa shape index (κ3) is 2.34. The predicted molar refractivity (Wildman–Crippen MR) is 54.1 cm³/mol. The van der Waals surface area contributed by atoms with Gasteiger partial charge in [0.05, 0.1) is 0 Å². The van der Waals surface area contributed by atoms with E-state index >= 15 is 0 Å². The second-order valence-corrected chi connectivity index (χ2v) is 3.75. The lowest BCUT2D eigenvalue weighted by Crippen LogP contribution is -2.23. The summed E-state index contributed by atoms with van der Waals surface area (Å²) in [5.74, 6) is 0. The lowest BCUT2D eigenvalue weighted by molar-refractivity contribution is 0.505. The zero-order chi connectivity index (χ0) is 8.97. The Labute approximate surface area is 76.0 Å². The van der Waals surface area contributed by atoms with Crippen molar-refractivity contribution < 1.29 is 0 Å². The van der Waals surface area contributed by atoms with Gasteiger partial charge in [-0.3, -0.25) is 0 Å². The molecule has 0 aliphatic heterocycles. The summed E-state index contributed by atoms with van der Waals surface area (Å²) in [5.41, 5.74) is 9.25. The number of allylic oxidation sites excluding steroid dienone is 2. The quantitative estimate of drug-likeness (QED) is 0.629. The van der Waals surface area contributed by atoms with Crippen LogP contribution in [0.2, 0.25) is 0 Å². The van der Waals surface area contributed by atoms with E-state index in [1.54, 1.807) is 11.1 Å². The molecule has 2 N–H and O–H groups in total. The second-order valence-electron chi connectivity index (χ2n) is 3.75. The molecule has 0 aromatic rings. The lowest BCUT2D eigenvalue weighted by atomic mass is 9.87. The van der Waals surface area contributed by atoms with Crippen LogP contribution in [0.3, 0.4) is 0 Å². The molecule has 0 aromatic heterocycles. The monoisotopic (exact) mass is 167 g/mol. The van der Waals surface area contributed by atoms with Gasteiger partial charge in [0.15, 0.2) is 0 Å². The van der Waals surface area contributed by atoms with Crippen LogP contribution in [0.15, 0.2) is 11.1 Å². The highest BCUT2D eigenvalue weighted by Gasteiger charge is 2.14. The molecule has 0 radical (unpaired) electrons. The van der Waals surface area contributed by atoms with E-state index in [0.717, 1.165) is 0 Å². The summed E-state index contributed by atoms with van der Waals surface area (Å²) >= 11 is 0. The Bertz CT molecular complexity index is 154. The number of rotatable bonds is 2. The third-order valence-corrected chi connectivity index (χ3v) is 2.99. The lowest BCUT2D eigenvalue weighted by Gasteiger charge is -2.22. The molecule has 1 saturated carbocycles. The summed E-state index contributed by atoms with van der Waals surface area (Å²) in [7, 11) is 0. The molecule has 0 bridgehead atoms. The Morgan fingerprint density at radius 1 is 1.25 bits per heavy atom. The Morgan fingerprint density at radius 2 is 1.75 bits per heavy atom. The summed E-state index contributed by atoms with van der Waals surface area (Å²) in [6.45, 7) is 4.53.